The number of hydrogen-bond acceptors (Lipinski definition) is 4. The third-order valence-electron chi connectivity index (χ3n) is 2.26. The monoisotopic (exact) mass is 220 g/mol. The van der Waals surface area contributed by atoms with Crippen molar-refractivity contribution in [3.05, 3.63) is 24.4 Å². The molecular formula is C12H20N4. The van der Waals surface area contributed by atoms with Crippen LogP contribution in [0, 0.1) is 0 Å². The van der Waals surface area contributed by atoms with Gasteiger partial charge in [0.25, 0.3) is 0 Å². The van der Waals surface area contributed by atoms with Gasteiger partial charge in [-0.2, -0.15) is 4.98 Å². The first-order valence-electron chi connectivity index (χ1n) is 5.74. The fraction of sp³-hybridized carbons (Fsp3) is 0.500. The second kappa shape index (κ2) is 6.82. The Hall–Kier alpha value is -1.58. The third-order valence-corrected chi connectivity index (χ3v) is 2.26. The summed E-state index contributed by atoms with van der Waals surface area (Å²) in [7, 11) is 0. The molecule has 0 aliphatic heterocycles. The quantitative estimate of drug-likeness (QED) is 0.547. The minimum atomic E-state index is 0.334. The molecule has 1 aromatic heterocycles. The molecule has 0 atom stereocenters. The first-order valence-corrected chi connectivity index (χ1v) is 5.74. The van der Waals surface area contributed by atoms with Crippen molar-refractivity contribution >= 4 is 11.8 Å². The molecule has 0 fully saturated rings. The van der Waals surface area contributed by atoms with Gasteiger partial charge in [0.15, 0.2) is 0 Å². The van der Waals surface area contributed by atoms with E-state index in [4.69, 9.17) is 5.73 Å². The van der Waals surface area contributed by atoms with Crippen LogP contribution in [0.5, 0.6) is 0 Å². The maximum atomic E-state index is 5.65. The Labute approximate surface area is 97.0 Å². The van der Waals surface area contributed by atoms with Crippen molar-refractivity contribution in [2.45, 2.75) is 32.6 Å². The normalized spacial score (nSPS) is 10.1. The molecular weight excluding hydrogens is 200 g/mol. The van der Waals surface area contributed by atoms with Gasteiger partial charge in [-0.05, 0) is 12.8 Å². The summed E-state index contributed by atoms with van der Waals surface area (Å²) in [4.78, 5) is 8.32. The zero-order valence-corrected chi connectivity index (χ0v) is 9.87. The molecule has 4 heteroatoms. The van der Waals surface area contributed by atoms with E-state index in [9.17, 15) is 0 Å². The summed E-state index contributed by atoms with van der Waals surface area (Å²) in [6.07, 6.45) is 6.33. The lowest BCUT2D eigenvalue weighted by Crippen LogP contribution is -2.06. The largest absolute Gasteiger partial charge is 0.368 e. The SMILES string of the molecule is C=CCNc1cc(CCCCC)nc(N)n1. The number of nitrogens with one attached hydrogen (secondary N) is 1. The van der Waals surface area contributed by atoms with Gasteiger partial charge in [0, 0.05) is 18.3 Å². The van der Waals surface area contributed by atoms with Crippen LogP contribution in [-0.4, -0.2) is 16.5 Å². The molecule has 88 valence electrons. The minimum Gasteiger partial charge on any atom is -0.368 e. The van der Waals surface area contributed by atoms with Crippen molar-refractivity contribution in [2.24, 2.45) is 0 Å². The molecule has 0 bridgehead atoms. The number of rotatable bonds is 7. The van der Waals surface area contributed by atoms with Gasteiger partial charge in [-0.3, -0.25) is 0 Å². The first-order chi connectivity index (χ1) is 7.76. The first kappa shape index (κ1) is 12.5. The number of nitrogens with two attached hydrogens (primary N) is 1. The second-order valence-electron chi connectivity index (χ2n) is 3.73. The van der Waals surface area contributed by atoms with Crippen LogP contribution in [0.1, 0.15) is 31.9 Å². The summed E-state index contributed by atoms with van der Waals surface area (Å²) < 4.78 is 0. The summed E-state index contributed by atoms with van der Waals surface area (Å²) in [6, 6.07) is 1.95. The van der Waals surface area contributed by atoms with Crippen LogP contribution in [0.25, 0.3) is 0 Å². The van der Waals surface area contributed by atoms with Crippen molar-refractivity contribution in [3.8, 4) is 0 Å². The van der Waals surface area contributed by atoms with Crippen LogP contribution in [0.15, 0.2) is 18.7 Å². The Morgan fingerprint density at radius 3 is 2.94 bits per heavy atom. The molecule has 0 amide bonds. The number of anilines is 2. The van der Waals surface area contributed by atoms with Gasteiger partial charge in [0.05, 0.1) is 0 Å². The van der Waals surface area contributed by atoms with Gasteiger partial charge in [-0.15, -0.1) is 6.58 Å². The Bertz CT molecular complexity index is 336. The highest BCUT2D eigenvalue weighted by Gasteiger charge is 2.01. The van der Waals surface area contributed by atoms with Crippen LogP contribution < -0.4 is 11.1 Å². The molecule has 0 aliphatic carbocycles. The van der Waals surface area contributed by atoms with Crippen molar-refractivity contribution < 1.29 is 0 Å². The number of aromatic nitrogens is 2. The standard InChI is InChI=1S/C12H20N4/c1-3-5-6-7-10-9-11(14-8-4-2)16-12(13)15-10/h4,9H,2-3,5-8H2,1H3,(H3,13,14,15,16). The van der Waals surface area contributed by atoms with Gasteiger partial charge in [0.1, 0.15) is 5.82 Å². The highest BCUT2D eigenvalue weighted by molar-refractivity contribution is 5.40. The predicted octanol–water partition coefficient (Wildman–Crippen LogP) is 2.39. The molecule has 0 aliphatic rings. The van der Waals surface area contributed by atoms with Crippen LogP contribution in [0.2, 0.25) is 0 Å². The van der Waals surface area contributed by atoms with E-state index in [0.717, 1.165) is 24.4 Å². The predicted molar refractivity (Wildman–Crippen MR) is 68.4 cm³/mol. The molecule has 1 rings (SSSR count). The number of nitrogens with zero attached hydrogens (tertiary/aromatic N) is 2. The topological polar surface area (TPSA) is 63.8 Å². The number of aryl methyl sites for hydroxylation is 1. The lowest BCUT2D eigenvalue weighted by Gasteiger charge is -2.06. The molecule has 1 aromatic rings. The van der Waals surface area contributed by atoms with E-state index >= 15 is 0 Å². The van der Waals surface area contributed by atoms with Gasteiger partial charge in [-0.25, -0.2) is 4.98 Å². The van der Waals surface area contributed by atoms with Crippen LogP contribution in [0.3, 0.4) is 0 Å². The highest BCUT2D eigenvalue weighted by atomic mass is 15.1. The molecule has 3 N–H and O–H groups in total. The lowest BCUT2D eigenvalue weighted by molar-refractivity contribution is 0.707. The Balaban J connectivity index is 2.61. The number of nitrogen functional groups attached to an aromatic ring is 1. The van der Waals surface area contributed by atoms with E-state index in [-0.39, 0.29) is 0 Å². The van der Waals surface area contributed by atoms with Gasteiger partial charge >= 0.3 is 0 Å². The lowest BCUT2D eigenvalue weighted by atomic mass is 10.1. The maximum absolute atomic E-state index is 5.65. The number of unbranched alkanes of at least 4 members (excludes halogenated alkanes) is 2. The third kappa shape index (κ3) is 4.29. The summed E-state index contributed by atoms with van der Waals surface area (Å²) in [5.41, 5.74) is 6.65. The summed E-state index contributed by atoms with van der Waals surface area (Å²) in [6.45, 7) is 6.52. The zero-order chi connectivity index (χ0) is 11.8. The summed E-state index contributed by atoms with van der Waals surface area (Å²) >= 11 is 0. The van der Waals surface area contributed by atoms with E-state index < -0.39 is 0 Å². The molecule has 1 heterocycles. The van der Waals surface area contributed by atoms with Crippen molar-refractivity contribution in [3.63, 3.8) is 0 Å². The van der Waals surface area contributed by atoms with Crippen LogP contribution >= 0.6 is 0 Å². The summed E-state index contributed by atoms with van der Waals surface area (Å²) in [5, 5.41) is 3.12. The highest BCUT2D eigenvalue weighted by Crippen LogP contribution is 2.11. The molecule has 0 saturated carbocycles. The smallest absolute Gasteiger partial charge is 0.222 e. The second-order valence-corrected chi connectivity index (χ2v) is 3.73. The van der Waals surface area contributed by atoms with E-state index in [1.165, 1.54) is 12.8 Å². The summed E-state index contributed by atoms with van der Waals surface area (Å²) in [5.74, 6) is 1.11. The molecule has 0 radical (unpaired) electrons. The Morgan fingerprint density at radius 1 is 1.44 bits per heavy atom. The Morgan fingerprint density at radius 2 is 2.25 bits per heavy atom. The maximum Gasteiger partial charge on any atom is 0.222 e. The average Bonchev–Trinajstić information content (AvgIpc) is 2.26. The minimum absolute atomic E-state index is 0.334. The average molecular weight is 220 g/mol. The zero-order valence-electron chi connectivity index (χ0n) is 9.87. The molecule has 0 spiro atoms. The van der Waals surface area contributed by atoms with Gasteiger partial charge in [0.2, 0.25) is 5.95 Å². The molecule has 4 nitrogen and oxygen atoms in total. The molecule has 16 heavy (non-hydrogen) atoms. The molecule has 0 unspecified atom stereocenters. The van der Waals surface area contributed by atoms with E-state index in [0.29, 0.717) is 12.5 Å². The van der Waals surface area contributed by atoms with E-state index in [2.05, 4.69) is 28.8 Å². The van der Waals surface area contributed by atoms with Crippen molar-refractivity contribution in [1.29, 1.82) is 0 Å². The van der Waals surface area contributed by atoms with Crippen molar-refractivity contribution in [2.75, 3.05) is 17.6 Å². The van der Waals surface area contributed by atoms with E-state index in [1.807, 2.05) is 6.07 Å². The van der Waals surface area contributed by atoms with Crippen LogP contribution in [0.4, 0.5) is 11.8 Å². The van der Waals surface area contributed by atoms with Crippen molar-refractivity contribution in [1.82, 2.24) is 9.97 Å². The fourth-order valence-electron chi connectivity index (χ4n) is 1.47. The van der Waals surface area contributed by atoms with Crippen LogP contribution in [-0.2, 0) is 6.42 Å². The van der Waals surface area contributed by atoms with Gasteiger partial charge in [-0.1, -0.05) is 25.8 Å². The fourth-order valence-corrected chi connectivity index (χ4v) is 1.47. The molecule has 0 saturated heterocycles. The van der Waals surface area contributed by atoms with Gasteiger partial charge < -0.3 is 11.1 Å². The number of hydrogen-bond donors (Lipinski definition) is 2. The Kier molecular flexibility index (Phi) is 5.32. The molecule has 0 aromatic carbocycles. The van der Waals surface area contributed by atoms with E-state index in [1.54, 1.807) is 6.08 Å².